The molecule has 0 saturated carbocycles. The van der Waals surface area contributed by atoms with Crippen molar-refractivity contribution in [3.63, 3.8) is 0 Å². The second-order valence-corrected chi connectivity index (χ2v) is 10.7. The minimum Gasteiger partial charge on any atom is -0.490 e. The fourth-order valence-electron chi connectivity index (χ4n) is 4.44. The van der Waals surface area contributed by atoms with Gasteiger partial charge in [0.1, 0.15) is 24.5 Å². The number of barbiturate groups is 1. The minimum atomic E-state index is -0.866. The first-order valence-electron chi connectivity index (χ1n) is 13.8. The van der Waals surface area contributed by atoms with E-state index in [2.05, 4.69) is 5.32 Å². The molecule has 224 valence electrons. The molecule has 1 saturated heterocycles. The largest absolute Gasteiger partial charge is 0.490 e. The summed E-state index contributed by atoms with van der Waals surface area (Å²) in [5, 5.41) is 3.05. The molecule has 10 heteroatoms. The van der Waals surface area contributed by atoms with Crippen molar-refractivity contribution in [3.05, 3.63) is 123 Å². The Bertz CT molecular complexity index is 1740. The van der Waals surface area contributed by atoms with Gasteiger partial charge in [-0.05, 0) is 73.5 Å². The number of hydrogen-bond acceptors (Lipinski definition) is 6. The molecule has 1 fully saturated rings. The number of aryl methyl sites for hydroxylation is 1. The molecular weight excluding hydrogens is 603 g/mol. The number of nitrogens with zero attached hydrogens (tertiary/aromatic N) is 1. The highest BCUT2D eigenvalue weighted by Crippen LogP contribution is 2.38. The zero-order valence-corrected chi connectivity index (χ0v) is 25.4. The normalized spacial score (nSPS) is 14.0. The third kappa shape index (κ3) is 7.05. The summed E-state index contributed by atoms with van der Waals surface area (Å²) in [7, 11) is 0. The van der Waals surface area contributed by atoms with Gasteiger partial charge in [0, 0.05) is 10.6 Å². The number of anilines is 1. The predicted octanol–water partition coefficient (Wildman–Crippen LogP) is 7.52. The number of rotatable bonds is 10. The fourth-order valence-corrected chi connectivity index (χ4v) is 4.90. The van der Waals surface area contributed by atoms with Crippen LogP contribution in [0.2, 0.25) is 10.0 Å². The molecule has 0 unspecified atom stereocenters. The molecular formula is C34H28Cl2N2O6. The molecule has 0 aliphatic carbocycles. The molecule has 4 aromatic carbocycles. The van der Waals surface area contributed by atoms with Crippen LogP contribution in [0.4, 0.5) is 10.5 Å². The lowest BCUT2D eigenvalue weighted by molar-refractivity contribution is -0.122. The molecule has 8 nitrogen and oxygen atoms in total. The molecule has 44 heavy (non-hydrogen) atoms. The minimum absolute atomic E-state index is 0.235. The summed E-state index contributed by atoms with van der Waals surface area (Å²) in [6.07, 6.45) is 1.36. The van der Waals surface area contributed by atoms with Crippen molar-refractivity contribution >= 4 is 52.8 Å². The summed E-state index contributed by atoms with van der Waals surface area (Å²) in [5.74, 6) is -0.428. The number of carbonyl (C=O) groups excluding carboxylic acids is 3. The molecule has 5 rings (SSSR count). The van der Waals surface area contributed by atoms with Crippen LogP contribution in [0.25, 0.3) is 6.08 Å². The number of hydrogen-bond donors (Lipinski definition) is 1. The number of carbonyl (C=O) groups is 3. The van der Waals surface area contributed by atoms with Crippen molar-refractivity contribution in [3.8, 4) is 17.2 Å². The van der Waals surface area contributed by atoms with Crippen molar-refractivity contribution in [1.29, 1.82) is 0 Å². The molecule has 0 radical (unpaired) electrons. The van der Waals surface area contributed by atoms with E-state index in [0.29, 0.717) is 34.4 Å². The summed E-state index contributed by atoms with van der Waals surface area (Å²) in [5.41, 5.74) is 3.32. The Kier molecular flexibility index (Phi) is 9.53. The van der Waals surface area contributed by atoms with Gasteiger partial charge < -0.3 is 14.2 Å². The Labute approximate surface area is 264 Å². The second-order valence-electron chi connectivity index (χ2n) is 9.87. The van der Waals surface area contributed by atoms with Crippen LogP contribution in [0.5, 0.6) is 17.2 Å². The van der Waals surface area contributed by atoms with Crippen LogP contribution in [0.15, 0.2) is 90.5 Å². The highest BCUT2D eigenvalue weighted by Gasteiger charge is 2.37. The topological polar surface area (TPSA) is 94.2 Å². The first-order chi connectivity index (χ1) is 21.2. The molecule has 1 aliphatic rings. The van der Waals surface area contributed by atoms with Crippen LogP contribution in [0.1, 0.15) is 29.2 Å². The van der Waals surface area contributed by atoms with Gasteiger partial charge in [0.2, 0.25) is 0 Å². The Morgan fingerprint density at radius 3 is 2.25 bits per heavy atom. The number of ether oxygens (including phenoxy) is 3. The summed E-state index contributed by atoms with van der Waals surface area (Å²) in [6.45, 7) is 4.66. The molecule has 0 aromatic heterocycles. The maximum Gasteiger partial charge on any atom is 0.335 e. The van der Waals surface area contributed by atoms with E-state index in [1.165, 1.54) is 6.08 Å². The summed E-state index contributed by atoms with van der Waals surface area (Å²) in [4.78, 5) is 39.9. The summed E-state index contributed by atoms with van der Waals surface area (Å²) < 4.78 is 17.6. The summed E-state index contributed by atoms with van der Waals surface area (Å²) in [6, 6.07) is 23.9. The van der Waals surface area contributed by atoms with Crippen LogP contribution in [0, 0.1) is 6.92 Å². The van der Waals surface area contributed by atoms with Crippen LogP contribution in [-0.2, 0) is 22.8 Å². The molecule has 1 N–H and O–H groups in total. The van der Waals surface area contributed by atoms with Gasteiger partial charge in [-0.15, -0.1) is 0 Å². The lowest BCUT2D eigenvalue weighted by Gasteiger charge is -2.26. The van der Waals surface area contributed by atoms with E-state index in [4.69, 9.17) is 37.4 Å². The first-order valence-corrected chi connectivity index (χ1v) is 14.5. The highest BCUT2D eigenvalue weighted by molar-refractivity contribution is 6.39. The van der Waals surface area contributed by atoms with Crippen LogP contribution < -0.4 is 24.4 Å². The van der Waals surface area contributed by atoms with E-state index >= 15 is 0 Å². The number of amides is 4. The van der Waals surface area contributed by atoms with E-state index in [9.17, 15) is 14.4 Å². The Morgan fingerprint density at radius 1 is 0.818 bits per heavy atom. The third-order valence-electron chi connectivity index (χ3n) is 6.70. The fraction of sp³-hybridized carbons (Fsp3) is 0.147. The van der Waals surface area contributed by atoms with Crippen LogP contribution in [0.3, 0.4) is 0 Å². The SMILES string of the molecule is CCOc1cc(/C=C2\C(=O)NC(=O)N(c3ccc(OCc4ccccc4Cl)cc3)C2=O)cc(Cl)c1OCc1ccc(C)cc1. The lowest BCUT2D eigenvalue weighted by atomic mass is 10.1. The van der Waals surface area contributed by atoms with Gasteiger partial charge in [0.15, 0.2) is 11.5 Å². The first kappa shape index (κ1) is 30.7. The van der Waals surface area contributed by atoms with E-state index in [1.54, 1.807) is 42.5 Å². The van der Waals surface area contributed by atoms with Crippen molar-refractivity contribution < 1.29 is 28.6 Å². The van der Waals surface area contributed by atoms with Crippen LogP contribution >= 0.6 is 23.2 Å². The quantitative estimate of drug-likeness (QED) is 0.144. The zero-order chi connectivity index (χ0) is 31.2. The predicted molar refractivity (Wildman–Crippen MR) is 169 cm³/mol. The molecule has 1 aliphatic heterocycles. The average Bonchev–Trinajstić information content (AvgIpc) is 3.00. The third-order valence-corrected chi connectivity index (χ3v) is 7.34. The monoisotopic (exact) mass is 630 g/mol. The molecule has 1 heterocycles. The van der Waals surface area contributed by atoms with Crippen LogP contribution in [-0.4, -0.2) is 24.5 Å². The molecule has 4 aromatic rings. The Morgan fingerprint density at radius 2 is 1.55 bits per heavy atom. The molecule has 0 spiro atoms. The van der Waals surface area contributed by atoms with Gasteiger partial charge >= 0.3 is 6.03 Å². The second kappa shape index (κ2) is 13.7. The number of urea groups is 1. The van der Waals surface area contributed by atoms with Gasteiger partial charge in [-0.25, -0.2) is 9.69 Å². The average molecular weight is 632 g/mol. The molecule has 0 bridgehead atoms. The lowest BCUT2D eigenvalue weighted by Crippen LogP contribution is -2.54. The number of imide groups is 2. The Balaban J connectivity index is 1.36. The maximum atomic E-state index is 13.5. The van der Waals surface area contributed by atoms with Crippen molar-refractivity contribution in [2.24, 2.45) is 0 Å². The van der Waals surface area contributed by atoms with E-state index in [-0.39, 0.29) is 29.5 Å². The van der Waals surface area contributed by atoms with Crippen molar-refractivity contribution in [1.82, 2.24) is 5.32 Å². The highest BCUT2D eigenvalue weighted by atomic mass is 35.5. The van der Waals surface area contributed by atoms with Gasteiger partial charge in [-0.3, -0.25) is 14.9 Å². The zero-order valence-electron chi connectivity index (χ0n) is 23.9. The number of benzene rings is 4. The van der Waals surface area contributed by atoms with Gasteiger partial charge in [-0.2, -0.15) is 0 Å². The maximum absolute atomic E-state index is 13.5. The number of nitrogens with one attached hydrogen (secondary N) is 1. The van der Waals surface area contributed by atoms with Gasteiger partial charge in [0.25, 0.3) is 11.8 Å². The smallest absolute Gasteiger partial charge is 0.335 e. The van der Waals surface area contributed by atoms with Gasteiger partial charge in [-0.1, -0.05) is 71.2 Å². The van der Waals surface area contributed by atoms with E-state index in [1.807, 2.05) is 56.3 Å². The van der Waals surface area contributed by atoms with E-state index in [0.717, 1.165) is 21.6 Å². The molecule has 4 amide bonds. The van der Waals surface area contributed by atoms with E-state index < -0.39 is 17.8 Å². The standard InChI is InChI=1S/C34H28Cl2N2O6/c1-3-42-30-18-23(17-29(36)31(30)44-19-22-10-8-21(2)9-11-22)16-27-32(39)37-34(41)38(33(27)40)25-12-14-26(15-13-25)43-20-24-6-4-5-7-28(24)35/h4-18H,3,19-20H2,1-2H3,(H,37,39,41)/b27-16+. The Hall–Kier alpha value is -4.79. The summed E-state index contributed by atoms with van der Waals surface area (Å²) >= 11 is 12.8. The number of halogens is 2. The van der Waals surface area contributed by atoms with Gasteiger partial charge in [0.05, 0.1) is 17.3 Å². The van der Waals surface area contributed by atoms with Crippen molar-refractivity contribution in [2.45, 2.75) is 27.1 Å². The molecule has 0 atom stereocenters. The van der Waals surface area contributed by atoms with Crippen molar-refractivity contribution in [2.75, 3.05) is 11.5 Å².